The van der Waals surface area contributed by atoms with Gasteiger partial charge in [-0.1, -0.05) is 0 Å². The summed E-state index contributed by atoms with van der Waals surface area (Å²) in [5, 5.41) is 5.58. The Morgan fingerprint density at radius 3 is 2.87 bits per heavy atom. The lowest BCUT2D eigenvalue weighted by atomic mass is 9.85. The Kier molecular flexibility index (Phi) is 1.56. The first kappa shape index (κ1) is 8.67. The summed E-state index contributed by atoms with van der Waals surface area (Å²) in [6.45, 7) is 1.08. The van der Waals surface area contributed by atoms with Gasteiger partial charge < -0.3 is 10.1 Å². The van der Waals surface area contributed by atoms with E-state index in [9.17, 15) is 9.18 Å². The summed E-state index contributed by atoms with van der Waals surface area (Å²) in [7, 11) is 0. The first-order valence-corrected chi connectivity index (χ1v) is 4.70. The molecule has 78 valence electrons. The van der Waals surface area contributed by atoms with Crippen LogP contribution in [0, 0.1) is 5.82 Å². The second kappa shape index (κ2) is 2.70. The molecule has 0 atom stereocenters. The van der Waals surface area contributed by atoms with Crippen LogP contribution in [0.25, 0.3) is 0 Å². The molecule has 2 N–H and O–H groups in total. The maximum Gasteiger partial charge on any atom is 0.412 e. The van der Waals surface area contributed by atoms with E-state index in [4.69, 9.17) is 4.74 Å². The van der Waals surface area contributed by atoms with Gasteiger partial charge in [0.15, 0.2) is 5.60 Å². The number of halogens is 1. The van der Waals surface area contributed by atoms with Crippen LogP contribution in [-0.4, -0.2) is 19.2 Å². The molecule has 1 fully saturated rings. The van der Waals surface area contributed by atoms with Crippen molar-refractivity contribution in [1.82, 2.24) is 5.32 Å². The molecule has 2 aliphatic rings. The maximum absolute atomic E-state index is 13.1. The quantitative estimate of drug-likeness (QED) is 0.673. The number of hydrogen-bond donors (Lipinski definition) is 2. The molecule has 0 radical (unpaired) electrons. The summed E-state index contributed by atoms with van der Waals surface area (Å²) in [5.41, 5.74) is 0.676. The molecule has 15 heavy (non-hydrogen) atoms. The van der Waals surface area contributed by atoms with Gasteiger partial charge in [0.25, 0.3) is 0 Å². The van der Waals surface area contributed by atoms with Gasteiger partial charge in [0.05, 0.1) is 5.69 Å². The zero-order chi connectivity index (χ0) is 10.5. The monoisotopic (exact) mass is 208 g/mol. The van der Waals surface area contributed by atoms with Crippen molar-refractivity contribution in [2.75, 3.05) is 18.4 Å². The van der Waals surface area contributed by atoms with Gasteiger partial charge in [-0.25, -0.2) is 9.18 Å². The minimum atomic E-state index is -0.667. The second-order valence-electron chi connectivity index (χ2n) is 3.80. The Labute approximate surface area is 85.4 Å². The summed E-state index contributed by atoms with van der Waals surface area (Å²) in [6, 6.07) is 4.30. The standard InChI is InChI=1S/C10H9FN2O2/c11-6-1-2-8-7(3-6)10(4-12-5-10)15-9(14)13-8/h1-3,12H,4-5H2,(H,13,14). The molecule has 0 saturated carbocycles. The number of anilines is 1. The van der Waals surface area contributed by atoms with Crippen molar-refractivity contribution < 1.29 is 13.9 Å². The zero-order valence-corrected chi connectivity index (χ0v) is 7.84. The molecule has 1 saturated heterocycles. The highest BCUT2D eigenvalue weighted by Crippen LogP contribution is 2.38. The molecule has 3 rings (SSSR count). The number of rotatable bonds is 0. The molecule has 5 heteroatoms. The highest BCUT2D eigenvalue weighted by atomic mass is 19.1. The van der Waals surface area contributed by atoms with Gasteiger partial charge in [-0.3, -0.25) is 5.32 Å². The van der Waals surface area contributed by atoms with E-state index in [1.165, 1.54) is 12.1 Å². The van der Waals surface area contributed by atoms with Crippen LogP contribution in [-0.2, 0) is 10.3 Å². The van der Waals surface area contributed by atoms with Gasteiger partial charge in [-0.15, -0.1) is 0 Å². The third-order valence-electron chi connectivity index (χ3n) is 2.82. The van der Waals surface area contributed by atoms with Crippen LogP contribution < -0.4 is 10.6 Å². The Balaban J connectivity index is 2.15. The van der Waals surface area contributed by atoms with Crippen molar-refractivity contribution in [3.8, 4) is 0 Å². The Bertz CT molecular complexity index is 443. The molecule has 1 aromatic carbocycles. The van der Waals surface area contributed by atoms with Gasteiger partial charge in [-0.2, -0.15) is 0 Å². The molecule has 0 bridgehead atoms. The second-order valence-corrected chi connectivity index (χ2v) is 3.80. The van der Waals surface area contributed by atoms with Gasteiger partial charge in [0.1, 0.15) is 5.82 Å². The van der Waals surface area contributed by atoms with Gasteiger partial charge in [0.2, 0.25) is 0 Å². The van der Waals surface area contributed by atoms with Crippen LogP contribution in [0.15, 0.2) is 18.2 Å². The molecule has 1 amide bonds. The van der Waals surface area contributed by atoms with E-state index in [0.29, 0.717) is 24.3 Å². The van der Waals surface area contributed by atoms with Crippen LogP contribution in [0.3, 0.4) is 0 Å². The number of fused-ring (bicyclic) bond motifs is 2. The average Bonchev–Trinajstić information content (AvgIpc) is 2.15. The molecule has 1 aromatic rings. The molecular weight excluding hydrogens is 199 g/mol. The van der Waals surface area contributed by atoms with Crippen LogP contribution in [0.1, 0.15) is 5.56 Å². The fraction of sp³-hybridized carbons (Fsp3) is 0.300. The van der Waals surface area contributed by atoms with E-state index in [-0.39, 0.29) is 5.82 Å². The molecule has 2 heterocycles. The number of carbonyl (C=O) groups is 1. The van der Waals surface area contributed by atoms with Gasteiger partial charge in [0, 0.05) is 18.7 Å². The van der Waals surface area contributed by atoms with Crippen LogP contribution >= 0.6 is 0 Å². The molecule has 2 aliphatic heterocycles. The van der Waals surface area contributed by atoms with E-state index in [0.717, 1.165) is 0 Å². The Morgan fingerprint density at radius 2 is 2.20 bits per heavy atom. The molecule has 1 spiro atoms. The zero-order valence-electron chi connectivity index (χ0n) is 7.84. The Morgan fingerprint density at radius 1 is 1.40 bits per heavy atom. The summed E-state index contributed by atoms with van der Waals surface area (Å²) >= 11 is 0. The number of benzene rings is 1. The topological polar surface area (TPSA) is 50.4 Å². The molecule has 0 aromatic heterocycles. The number of ether oxygens (including phenoxy) is 1. The average molecular weight is 208 g/mol. The van der Waals surface area contributed by atoms with Crippen LogP contribution in [0.4, 0.5) is 14.9 Å². The lowest BCUT2D eigenvalue weighted by Gasteiger charge is -2.45. The minimum absolute atomic E-state index is 0.320. The number of amides is 1. The molecule has 0 aliphatic carbocycles. The highest BCUT2D eigenvalue weighted by Gasteiger charge is 2.47. The predicted octanol–water partition coefficient (Wildman–Crippen LogP) is 1.19. The molecule has 0 unspecified atom stereocenters. The summed E-state index contributed by atoms with van der Waals surface area (Å²) in [4.78, 5) is 11.3. The summed E-state index contributed by atoms with van der Waals surface area (Å²) < 4.78 is 18.3. The van der Waals surface area contributed by atoms with E-state index in [2.05, 4.69) is 10.6 Å². The van der Waals surface area contributed by atoms with Crippen molar-refractivity contribution in [3.05, 3.63) is 29.6 Å². The van der Waals surface area contributed by atoms with Crippen molar-refractivity contribution >= 4 is 11.8 Å². The smallest absolute Gasteiger partial charge is 0.412 e. The number of hydrogen-bond acceptors (Lipinski definition) is 3. The Hall–Kier alpha value is -1.62. The first-order chi connectivity index (χ1) is 7.20. The maximum atomic E-state index is 13.1. The summed E-state index contributed by atoms with van der Waals surface area (Å²) in [5.74, 6) is -0.320. The van der Waals surface area contributed by atoms with Crippen LogP contribution in [0.5, 0.6) is 0 Å². The minimum Gasteiger partial charge on any atom is -0.435 e. The fourth-order valence-corrected chi connectivity index (χ4v) is 1.99. The lowest BCUT2D eigenvalue weighted by Crippen LogP contribution is -2.61. The van der Waals surface area contributed by atoms with E-state index in [1.54, 1.807) is 6.07 Å². The van der Waals surface area contributed by atoms with Gasteiger partial charge in [-0.05, 0) is 18.2 Å². The molecule has 4 nitrogen and oxygen atoms in total. The molecular formula is C10H9FN2O2. The summed E-state index contributed by atoms with van der Waals surface area (Å²) in [6.07, 6.45) is -0.476. The van der Waals surface area contributed by atoms with Crippen molar-refractivity contribution in [2.45, 2.75) is 5.60 Å². The van der Waals surface area contributed by atoms with E-state index in [1.807, 2.05) is 0 Å². The van der Waals surface area contributed by atoms with E-state index >= 15 is 0 Å². The fourth-order valence-electron chi connectivity index (χ4n) is 1.99. The van der Waals surface area contributed by atoms with Crippen molar-refractivity contribution in [2.24, 2.45) is 0 Å². The van der Waals surface area contributed by atoms with Crippen LogP contribution in [0.2, 0.25) is 0 Å². The third-order valence-corrected chi connectivity index (χ3v) is 2.82. The van der Waals surface area contributed by atoms with Gasteiger partial charge >= 0.3 is 6.09 Å². The predicted molar refractivity (Wildman–Crippen MR) is 51.1 cm³/mol. The van der Waals surface area contributed by atoms with Crippen molar-refractivity contribution in [1.29, 1.82) is 0 Å². The van der Waals surface area contributed by atoms with Crippen molar-refractivity contribution in [3.63, 3.8) is 0 Å². The number of carbonyl (C=O) groups excluding carboxylic acids is 1. The van der Waals surface area contributed by atoms with E-state index < -0.39 is 11.7 Å². The first-order valence-electron chi connectivity index (χ1n) is 4.70. The lowest BCUT2D eigenvalue weighted by molar-refractivity contribution is -0.0298. The largest absolute Gasteiger partial charge is 0.435 e. The number of nitrogens with one attached hydrogen (secondary N) is 2. The third kappa shape index (κ3) is 1.13. The normalized spacial score (nSPS) is 21.3. The SMILES string of the molecule is O=C1Nc2ccc(F)cc2C2(CNC2)O1. The highest BCUT2D eigenvalue weighted by molar-refractivity contribution is 5.89.